The Labute approximate surface area is 267 Å². The van der Waals surface area contributed by atoms with Crippen molar-refractivity contribution >= 4 is 24.1 Å². The van der Waals surface area contributed by atoms with E-state index >= 15 is 0 Å². The largest absolute Gasteiger partial charge is 0.459 e. The molecule has 46 heavy (non-hydrogen) atoms. The first-order valence-electron chi connectivity index (χ1n) is 15.0. The zero-order valence-electron chi connectivity index (χ0n) is 25.8. The van der Waals surface area contributed by atoms with Crippen LogP contribution in [0.1, 0.15) is 42.7 Å². The van der Waals surface area contributed by atoms with E-state index in [4.69, 9.17) is 14.2 Å². The molecule has 0 bridgehead atoms. The number of H-pyrrole nitrogens is 1. The lowest BCUT2D eigenvalue weighted by Crippen LogP contribution is -2.57. The van der Waals surface area contributed by atoms with Gasteiger partial charge >= 0.3 is 18.2 Å². The number of nitrogens with zero attached hydrogens (tertiary/aromatic N) is 2. The van der Waals surface area contributed by atoms with E-state index in [0.29, 0.717) is 28.1 Å². The van der Waals surface area contributed by atoms with E-state index in [1.165, 1.54) is 12.5 Å². The molecule has 2 N–H and O–H groups in total. The van der Waals surface area contributed by atoms with Crippen molar-refractivity contribution in [2.75, 3.05) is 0 Å². The van der Waals surface area contributed by atoms with Gasteiger partial charge in [-0.1, -0.05) is 111 Å². The van der Waals surface area contributed by atoms with E-state index in [2.05, 4.69) is 15.3 Å². The van der Waals surface area contributed by atoms with Crippen molar-refractivity contribution in [3.05, 3.63) is 126 Å². The lowest BCUT2D eigenvalue weighted by Gasteiger charge is -2.30. The number of hydrogen-bond acceptors (Lipinski definition) is 8. The molecule has 1 heterocycles. The Morgan fingerprint density at radius 1 is 0.761 bits per heavy atom. The molecule has 3 aromatic carbocycles. The maximum absolute atomic E-state index is 14.1. The molecule has 4 aromatic rings. The van der Waals surface area contributed by atoms with Gasteiger partial charge in [0.15, 0.2) is 0 Å². The molecule has 0 radical (unpaired) electrons. The van der Waals surface area contributed by atoms with Crippen LogP contribution in [0.25, 0.3) is 0 Å². The standard InChI is InChI=1S/C35H38N4O7/c1-3-25(2)31(33(41)44-21-26-13-7-4-8-14-26)38-32(40)30(19-29-20-36-24-37-29)39(34(42)45-22-27-15-9-5-10-16-27)35(43)46-23-28-17-11-6-12-18-28/h4-18,20,24-25,30-31H,3,19,21-23H2,1-2H3,(H,36,37)(H,38,40)/t25-,30-,31-/m1/s1. The summed E-state index contributed by atoms with van der Waals surface area (Å²) < 4.78 is 16.6. The van der Waals surface area contributed by atoms with Crippen molar-refractivity contribution in [3.8, 4) is 0 Å². The van der Waals surface area contributed by atoms with Crippen LogP contribution in [0.4, 0.5) is 9.59 Å². The Hall–Kier alpha value is -5.45. The highest BCUT2D eigenvalue weighted by Gasteiger charge is 2.40. The molecular formula is C35H38N4O7. The summed E-state index contributed by atoms with van der Waals surface area (Å²) >= 11 is 0. The quantitative estimate of drug-likeness (QED) is 0.137. The maximum atomic E-state index is 14.1. The molecule has 1 aromatic heterocycles. The Balaban J connectivity index is 1.60. The predicted octanol–water partition coefficient (Wildman–Crippen LogP) is 5.57. The molecule has 0 unspecified atom stereocenters. The lowest BCUT2D eigenvalue weighted by atomic mass is 9.98. The van der Waals surface area contributed by atoms with Gasteiger partial charge in [-0.15, -0.1) is 0 Å². The normalized spacial score (nSPS) is 12.7. The summed E-state index contributed by atoms with van der Waals surface area (Å²) in [7, 11) is 0. The predicted molar refractivity (Wildman–Crippen MR) is 169 cm³/mol. The minimum Gasteiger partial charge on any atom is -0.459 e. The topological polar surface area (TPSA) is 140 Å². The van der Waals surface area contributed by atoms with Crippen molar-refractivity contribution in [2.24, 2.45) is 5.92 Å². The molecule has 4 rings (SSSR count). The Morgan fingerprint density at radius 3 is 1.67 bits per heavy atom. The van der Waals surface area contributed by atoms with Gasteiger partial charge < -0.3 is 24.5 Å². The summed E-state index contributed by atoms with van der Waals surface area (Å²) in [4.78, 5) is 62.2. The molecule has 3 amide bonds. The first-order chi connectivity index (χ1) is 22.4. The van der Waals surface area contributed by atoms with Crippen LogP contribution in [0.2, 0.25) is 0 Å². The smallest absolute Gasteiger partial charge is 0.420 e. The summed E-state index contributed by atoms with van der Waals surface area (Å²) in [6, 6.07) is 24.5. The summed E-state index contributed by atoms with van der Waals surface area (Å²) in [6.45, 7) is 3.40. The fourth-order valence-corrected chi connectivity index (χ4v) is 4.55. The summed E-state index contributed by atoms with van der Waals surface area (Å²) in [5.74, 6) is -1.75. The molecule has 11 nitrogen and oxygen atoms in total. The molecular weight excluding hydrogens is 588 g/mol. The van der Waals surface area contributed by atoms with Crippen LogP contribution in [0, 0.1) is 5.92 Å². The van der Waals surface area contributed by atoms with Gasteiger partial charge in [-0.2, -0.15) is 4.90 Å². The van der Waals surface area contributed by atoms with Gasteiger partial charge in [-0.05, 0) is 22.6 Å². The number of hydrogen-bond donors (Lipinski definition) is 2. The zero-order valence-corrected chi connectivity index (χ0v) is 25.8. The first kappa shape index (κ1) is 33.4. The number of amides is 3. The number of aromatic amines is 1. The van der Waals surface area contributed by atoms with Gasteiger partial charge in [0.25, 0.3) is 0 Å². The van der Waals surface area contributed by atoms with Crippen molar-refractivity contribution < 1.29 is 33.4 Å². The second kappa shape index (κ2) is 17.1. The SMILES string of the molecule is CC[C@@H](C)[C@@H](NC(=O)[C@@H](Cc1cnc[nH]1)N(C(=O)OCc1ccccc1)C(=O)OCc1ccccc1)C(=O)OCc1ccccc1. The third-order valence-corrected chi connectivity index (χ3v) is 7.37. The Kier molecular flexibility index (Phi) is 12.5. The van der Waals surface area contributed by atoms with Crippen LogP contribution in [-0.2, 0) is 50.0 Å². The van der Waals surface area contributed by atoms with E-state index in [9.17, 15) is 19.2 Å². The number of carbonyl (C=O) groups is 4. The van der Waals surface area contributed by atoms with Crippen LogP contribution < -0.4 is 5.32 Å². The average molecular weight is 627 g/mol. The molecule has 0 saturated carbocycles. The van der Waals surface area contributed by atoms with Gasteiger partial charge in [-0.25, -0.2) is 19.4 Å². The van der Waals surface area contributed by atoms with Gasteiger partial charge in [0.2, 0.25) is 5.91 Å². The minimum absolute atomic E-state index is 0.0177. The van der Waals surface area contributed by atoms with Crippen LogP contribution in [0.15, 0.2) is 104 Å². The molecule has 0 saturated heterocycles. The van der Waals surface area contributed by atoms with E-state index in [1.807, 2.05) is 49.4 Å². The number of ether oxygens (including phenoxy) is 3. The van der Waals surface area contributed by atoms with Gasteiger partial charge in [0, 0.05) is 18.3 Å². The average Bonchev–Trinajstić information content (AvgIpc) is 3.61. The first-order valence-corrected chi connectivity index (χ1v) is 15.0. The number of imidazole rings is 1. The molecule has 11 heteroatoms. The maximum Gasteiger partial charge on any atom is 0.420 e. The number of rotatable bonds is 14. The van der Waals surface area contributed by atoms with E-state index < -0.39 is 36.1 Å². The van der Waals surface area contributed by atoms with Crippen molar-refractivity contribution in [1.29, 1.82) is 0 Å². The monoisotopic (exact) mass is 626 g/mol. The molecule has 0 aliphatic rings. The second-order valence-electron chi connectivity index (χ2n) is 10.7. The number of aromatic nitrogens is 2. The third kappa shape index (κ3) is 9.78. The third-order valence-electron chi connectivity index (χ3n) is 7.37. The van der Waals surface area contributed by atoms with Crippen LogP contribution in [0.5, 0.6) is 0 Å². The van der Waals surface area contributed by atoms with E-state index in [1.54, 1.807) is 55.5 Å². The van der Waals surface area contributed by atoms with E-state index in [0.717, 1.165) is 5.56 Å². The zero-order chi connectivity index (χ0) is 32.7. The Bertz CT molecular complexity index is 1480. The van der Waals surface area contributed by atoms with Crippen LogP contribution in [0.3, 0.4) is 0 Å². The van der Waals surface area contributed by atoms with Crippen LogP contribution in [-0.4, -0.2) is 51.0 Å². The van der Waals surface area contributed by atoms with Gasteiger partial charge in [-0.3, -0.25) is 4.79 Å². The fraction of sp³-hybridized carbons (Fsp3) is 0.286. The molecule has 0 aliphatic carbocycles. The van der Waals surface area contributed by atoms with Crippen LogP contribution >= 0.6 is 0 Å². The van der Waals surface area contributed by atoms with Gasteiger partial charge in [0.1, 0.15) is 31.9 Å². The summed E-state index contributed by atoms with van der Waals surface area (Å²) in [5, 5.41) is 2.75. The second-order valence-corrected chi connectivity index (χ2v) is 10.7. The van der Waals surface area contributed by atoms with E-state index in [-0.39, 0.29) is 32.2 Å². The Morgan fingerprint density at radius 2 is 1.24 bits per heavy atom. The van der Waals surface area contributed by atoms with Crippen molar-refractivity contribution in [2.45, 2.75) is 58.6 Å². The number of nitrogens with one attached hydrogen (secondary N) is 2. The number of carbonyl (C=O) groups excluding carboxylic acids is 4. The van der Waals surface area contributed by atoms with Crippen molar-refractivity contribution in [1.82, 2.24) is 20.2 Å². The van der Waals surface area contributed by atoms with Crippen molar-refractivity contribution in [3.63, 3.8) is 0 Å². The molecule has 240 valence electrons. The highest BCUT2D eigenvalue weighted by Crippen LogP contribution is 2.17. The fourth-order valence-electron chi connectivity index (χ4n) is 4.55. The molecule has 3 atom stereocenters. The highest BCUT2D eigenvalue weighted by molar-refractivity contribution is 5.97. The number of esters is 1. The molecule has 0 spiro atoms. The molecule has 0 aliphatic heterocycles. The number of benzene rings is 3. The summed E-state index contributed by atoms with van der Waals surface area (Å²) in [5.41, 5.74) is 2.61. The van der Waals surface area contributed by atoms with Gasteiger partial charge in [0.05, 0.1) is 6.33 Å². The minimum atomic E-state index is -1.47. The lowest BCUT2D eigenvalue weighted by molar-refractivity contribution is -0.151. The summed E-state index contributed by atoms with van der Waals surface area (Å²) in [6.07, 6.45) is 1.10. The number of imide groups is 1. The highest BCUT2D eigenvalue weighted by atomic mass is 16.6. The molecule has 0 fully saturated rings.